The second kappa shape index (κ2) is 81.4. The summed E-state index contributed by atoms with van der Waals surface area (Å²) in [5.41, 5.74) is 0. The van der Waals surface area contributed by atoms with Crippen LogP contribution in [0.3, 0.4) is 0 Å². The summed E-state index contributed by atoms with van der Waals surface area (Å²) in [4.78, 5) is 37.7. The fraction of sp³-hybridized carbons (Fsp3) is 0.750. The summed E-state index contributed by atoms with van der Waals surface area (Å²) in [6.45, 7) is 4.57. The minimum Gasteiger partial charge on any atom is -0.545 e. The van der Waals surface area contributed by atoms with Crippen LogP contribution in [0.25, 0.3) is 0 Å². The molecule has 0 aliphatic carbocycles. The topological polar surface area (TPSA) is 111 Å². The number of unbranched alkanes of at least 4 members (excludes halogenated alkanes) is 44. The lowest BCUT2D eigenvalue weighted by Crippen LogP contribution is -2.44. The van der Waals surface area contributed by atoms with Gasteiger partial charge in [0.05, 0.1) is 40.3 Å². The molecule has 0 radical (unpaired) electrons. The lowest BCUT2D eigenvalue weighted by molar-refractivity contribution is -0.870. The lowest BCUT2D eigenvalue weighted by Gasteiger charge is -2.26. The van der Waals surface area contributed by atoms with Crippen molar-refractivity contribution in [2.24, 2.45) is 0 Å². The fourth-order valence-corrected chi connectivity index (χ4v) is 12.3. The van der Waals surface area contributed by atoms with E-state index < -0.39 is 24.3 Å². The third-order valence-corrected chi connectivity index (χ3v) is 18.7. The van der Waals surface area contributed by atoms with Gasteiger partial charge in [-0.2, -0.15) is 0 Å². The molecular weight excluding hydrogens is 1250 g/mol. The second-order valence-corrected chi connectivity index (χ2v) is 29.7. The molecule has 0 spiro atoms. The smallest absolute Gasteiger partial charge is 0.306 e. The number of aliphatic carboxylic acids is 1. The number of carboxylic acids is 1. The van der Waals surface area contributed by atoms with Gasteiger partial charge in [-0.1, -0.05) is 392 Å². The van der Waals surface area contributed by atoms with E-state index in [0.717, 1.165) is 96.3 Å². The van der Waals surface area contributed by atoms with Crippen LogP contribution in [0, 0.1) is 0 Å². The van der Waals surface area contributed by atoms with Crippen molar-refractivity contribution in [1.82, 2.24) is 0 Å². The Morgan fingerprint density at radius 1 is 0.297 bits per heavy atom. The van der Waals surface area contributed by atoms with Crippen molar-refractivity contribution in [2.45, 2.75) is 399 Å². The normalized spacial score (nSPS) is 13.2. The maximum absolute atomic E-state index is 13.0. The maximum Gasteiger partial charge on any atom is 0.306 e. The van der Waals surface area contributed by atoms with Gasteiger partial charge in [0.15, 0.2) is 12.4 Å². The van der Waals surface area contributed by atoms with E-state index in [1.54, 1.807) is 0 Å². The SMILES string of the molecule is CC/C=C\C/C=C\C/C=C\C/C=C\C/C=C\CCCCCCCCCCCCCCCCCCCCCCCCCCCC(=O)OC(COC(=O)CCCCCCCCCCCCCCCCCCCCC/C=C\C/C=C\C/C=C\C/C=C\C/C=C\CC)COC(OCC[N+](C)(C)C)C(=O)[O-]. The van der Waals surface area contributed by atoms with Crippen molar-refractivity contribution in [3.8, 4) is 0 Å². The largest absolute Gasteiger partial charge is 0.545 e. The molecule has 0 N–H and O–H groups in total. The molecule has 0 saturated carbocycles. The molecular formula is C92H161NO8. The van der Waals surface area contributed by atoms with Crippen LogP contribution in [0.15, 0.2) is 122 Å². The molecule has 9 heteroatoms. The summed E-state index contributed by atoms with van der Waals surface area (Å²) in [7, 11) is 5.95. The van der Waals surface area contributed by atoms with Crippen molar-refractivity contribution in [3.63, 3.8) is 0 Å². The molecule has 0 aromatic carbocycles. The fourth-order valence-electron chi connectivity index (χ4n) is 12.3. The van der Waals surface area contributed by atoms with E-state index in [1.165, 1.54) is 257 Å². The highest BCUT2D eigenvalue weighted by molar-refractivity contribution is 5.70. The van der Waals surface area contributed by atoms with E-state index in [0.29, 0.717) is 23.9 Å². The molecule has 0 aromatic heterocycles. The van der Waals surface area contributed by atoms with Gasteiger partial charge >= 0.3 is 11.9 Å². The predicted octanol–water partition coefficient (Wildman–Crippen LogP) is 26.5. The number of likely N-dealkylation sites (N-methyl/N-ethyl adjacent to an activating group) is 1. The van der Waals surface area contributed by atoms with Crippen LogP contribution in [0.1, 0.15) is 386 Å². The molecule has 582 valence electrons. The maximum atomic E-state index is 13.0. The Balaban J connectivity index is 3.95. The van der Waals surface area contributed by atoms with Crippen molar-refractivity contribution in [2.75, 3.05) is 47.5 Å². The standard InChI is InChI=1S/C92H161NO8/c1-6-8-10-12-14-16-18-20-22-24-26-28-30-32-34-36-38-40-42-43-44-45-46-47-49-51-53-55-57-59-61-63-65-67-69-71-73-75-77-79-81-83-90(95)101-88(87-100-92(91(96)97)98-85-84-93(3,4)5)86-99-89(94)82-80-78-76-74-72-70-68-66-64-62-60-58-56-54-52-50-48-41-39-37-35-33-31-29-27-25-23-21-19-17-15-13-11-9-7-2/h8-11,14-17,20-23,26-29,32-35,88,92H,6-7,12-13,18-19,24-25,30-31,36-87H2,1-5H3/b10-8-,11-9-,16-14-,17-15-,22-20-,23-21-,28-26-,29-27-,34-32-,35-33-. The van der Waals surface area contributed by atoms with E-state index in [-0.39, 0.29) is 32.2 Å². The summed E-state index contributed by atoms with van der Waals surface area (Å²) in [6, 6.07) is 0. The van der Waals surface area contributed by atoms with Crippen molar-refractivity contribution < 1.29 is 42.9 Å². The Hall–Kier alpha value is -4.31. The number of carboxylic acid groups (broad SMARTS) is 1. The number of rotatable bonds is 79. The van der Waals surface area contributed by atoms with Crippen molar-refractivity contribution in [1.29, 1.82) is 0 Å². The van der Waals surface area contributed by atoms with E-state index in [1.807, 2.05) is 21.1 Å². The van der Waals surface area contributed by atoms with Crippen LogP contribution in [0.2, 0.25) is 0 Å². The Kier molecular flexibility index (Phi) is 77.9. The van der Waals surface area contributed by atoms with Gasteiger partial charge < -0.3 is 33.3 Å². The lowest BCUT2D eigenvalue weighted by atomic mass is 10.0. The van der Waals surface area contributed by atoms with Gasteiger partial charge in [-0.25, -0.2) is 0 Å². The van der Waals surface area contributed by atoms with Gasteiger partial charge in [-0.05, 0) is 103 Å². The highest BCUT2D eigenvalue weighted by Crippen LogP contribution is 2.20. The molecule has 2 unspecified atom stereocenters. The van der Waals surface area contributed by atoms with Gasteiger partial charge in [0.2, 0.25) is 0 Å². The van der Waals surface area contributed by atoms with Crippen LogP contribution in [0.5, 0.6) is 0 Å². The molecule has 0 heterocycles. The highest BCUT2D eigenvalue weighted by Gasteiger charge is 2.22. The Morgan fingerprint density at radius 3 is 0.792 bits per heavy atom. The van der Waals surface area contributed by atoms with Crippen molar-refractivity contribution in [3.05, 3.63) is 122 Å². The van der Waals surface area contributed by atoms with Crippen LogP contribution < -0.4 is 5.11 Å². The summed E-state index contributed by atoms with van der Waals surface area (Å²) in [5.74, 6) is -2.26. The minimum absolute atomic E-state index is 0.147. The number of quaternary nitrogens is 1. The van der Waals surface area contributed by atoms with Crippen LogP contribution in [0.4, 0.5) is 0 Å². The Morgan fingerprint density at radius 2 is 0.535 bits per heavy atom. The predicted molar refractivity (Wildman–Crippen MR) is 435 cm³/mol. The van der Waals surface area contributed by atoms with Crippen molar-refractivity contribution >= 4 is 17.9 Å². The number of nitrogens with zero attached hydrogens (tertiary/aromatic N) is 1. The zero-order valence-electron chi connectivity index (χ0n) is 66.8. The van der Waals surface area contributed by atoms with Gasteiger partial charge in [0.1, 0.15) is 13.2 Å². The molecule has 0 fully saturated rings. The zero-order chi connectivity index (χ0) is 73.2. The molecule has 101 heavy (non-hydrogen) atoms. The first-order chi connectivity index (χ1) is 49.6. The summed E-state index contributed by atoms with van der Waals surface area (Å²) < 4.78 is 22.9. The second-order valence-electron chi connectivity index (χ2n) is 29.7. The van der Waals surface area contributed by atoms with E-state index in [4.69, 9.17) is 18.9 Å². The highest BCUT2D eigenvalue weighted by atomic mass is 16.7. The summed E-state index contributed by atoms with van der Waals surface area (Å²) >= 11 is 0. The number of hydrogen-bond donors (Lipinski definition) is 0. The number of allylic oxidation sites excluding steroid dienone is 20. The van der Waals surface area contributed by atoms with Gasteiger partial charge in [0, 0.05) is 12.8 Å². The number of carbonyl (C=O) groups is 3. The van der Waals surface area contributed by atoms with Crippen LogP contribution in [-0.2, 0) is 33.3 Å². The summed E-state index contributed by atoms with van der Waals surface area (Å²) in [6.07, 6.45) is 113. The van der Waals surface area contributed by atoms with Gasteiger partial charge in [0.25, 0.3) is 0 Å². The molecule has 0 aliphatic rings. The third kappa shape index (κ3) is 82.8. The molecule has 9 nitrogen and oxygen atoms in total. The van der Waals surface area contributed by atoms with E-state index in [2.05, 4.69) is 135 Å². The minimum atomic E-state index is -1.62. The average Bonchev–Trinajstić information content (AvgIpc) is 1.21. The summed E-state index contributed by atoms with van der Waals surface area (Å²) in [5, 5.41) is 11.9. The monoisotopic (exact) mass is 1410 g/mol. The molecule has 0 saturated heterocycles. The average molecular weight is 1410 g/mol. The number of esters is 2. The first-order valence-corrected chi connectivity index (χ1v) is 42.7. The number of ether oxygens (including phenoxy) is 4. The quantitative estimate of drug-likeness (QED) is 0.0195. The molecule has 0 aliphatic heterocycles. The molecule has 0 rings (SSSR count). The number of carbonyl (C=O) groups excluding carboxylic acids is 3. The van der Waals surface area contributed by atoms with E-state index in [9.17, 15) is 19.5 Å². The zero-order valence-corrected chi connectivity index (χ0v) is 66.8. The molecule has 0 aromatic rings. The van der Waals surface area contributed by atoms with E-state index >= 15 is 0 Å². The number of hydrogen-bond acceptors (Lipinski definition) is 8. The Labute approximate surface area is 625 Å². The first kappa shape index (κ1) is 96.7. The Bertz CT molecular complexity index is 2090. The molecule has 2 atom stereocenters. The molecule has 0 bridgehead atoms. The van der Waals surface area contributed by atoms with Crippen LogP contribution in [-0.4, -0.2) is 82.3 Å². The third-order valence-electron chi connectivity index (χ3n) is 18.7. The first-order valence-electron chi connectivity index (χ1n) is 42.7. The van der Waals surface area contributed by atoms with Crippen LogP contribution >= 0.6 is 0 Å². The van der Waals surface area contributed by atoms with Gasteiger partial charge in [-0.3, -0.25) is 9.59 Å². The van der Waals surface area contributed by atoms with Gasteiger partial charge in [-0.15, -0.1) is 0 Å². The molecule has 0 amide bonds.